The topological polar surface area (TPSA) is 18.9 Å². The number of benzene rings is 9. The van der Waals surface area contributed by atoms with Crippen molar-refractivity contribution in [2.24, 2.45) is 0 Å². The zero-order chi connectivity index (χ0) is 51.8. The fourth-order valence-electron chi connectivity index (χ4n) is 13.8. The van der Waals surface area contributed by atoms with Crippen LogP contribution in [-0.2, 0) is 37.4 Å². The number of aromatic nitrogens is 1. The van der Waals surface area contributed by atoms with Gasteiger partial charge in [-0.25, -0.2) is 0 Å². The van der Waals surface area contributed by atoms with Crippen LogP contribution in [0.25, 0.3) is 44.5 Å². The van der Waals surface area contributed by atoms with Crippen LogP contribution in [-0.4, -0.2) is 27.2 Å². The van der Waals surface area contributed by atoms with Crippen molar-refractivity contribution in [1.29, 1.82) is 0 Å². The number of pyridine rings is 1. The van der Waals surface area contributed by atoms with Gasteiger partial charge in [-0.05, 0) is 145 Å². The summed E-state index contributed by atoms with van der Waals surface area (Å²) in [6.45, 7) is 15.5. The first-order valence-electron chi connectivity index (χ1n) is 26.6. The summed E-state index contributed by atoms with van der Waals surface area (Å²) in [6.07, 6.45) is 6.31. The molecule has 9 aromatic carbocycles. The molecule has 10 aromatic rings. The van der Waals surface area contributed by atoms with Crippen molar-refractivity contribution in [1.82, 2.24) is 4.98 Å². The molecule has 372 valence electrons. The van der Waals surface area contributed by atoms with Crippen molar-refractivity contribution in [3.63, 3.8) is 0 Å². The number of fused-ring (bicyclic) bond motifs is 9. The zero-order valence-corrected chi connectivity index (χ0v) is 47.0. The fraction of sp³-hybridized carbons (Fsp3) is 0.151. The Kier molecular flexibility index (Phi) is 11.2. The van der Waals surface area contributed by atoms with Crippen LogP contribution in [0.5, 0.6) is 0 Å². The molecule has 0 radical (unpaired) electrons. The van der Waals surface area contributed by atoms with Gasteiger partial charge < -0.3 is 0 Å². The van der Waals surface area contributed by atoms with Crippen LogP contribution in [0.3, 0.4) is 0 Å². The molecule has 1 aliphatic heterocycles. The summed E-state index contributed by atoms with van der Waals surface area (Å²) >= 11 is 0. The van der Waals surface area contributed by atoms with Gasteiger partial charge in [0.1, 0.15) is 0 Å². The molecule has 0 fully saturated rings. The van der Waals surface area contributed by atoms with Crippen LogP contribution >= 0.6 is 0 Å². The number of nitrogens with zero attached hydrogens (tertiary/aromatic N) is 3. The Balaban J connectivity index is 0.00000566. The summed E-state index contributed by atoms with van der Waals surface area (Å²) in [5.74, 6) is 0. The van der Waals surface area contributed by atoms with Crippen LogP contribution in [0.15, 0.2) is 201 Å². The average molecular weight is 1170 g/mol. The zero-order valence-electron chi connectivity index (χ0n) is 44.7. The summed E-state index contributed by atoms with van der Waals surface area (Å²) in [6, 6.07) is 81.6. The van der Waals surface area contributed by atoms with Gasteiger partial charge in [0.15, 0.2) is 7.05 Å². The van der Waals surface area contributed by atoms with E-state index in [0.29, 0.717) is 0 Å². The fourth-order valence-corrected chi connectivity index (χ4v) is 13.8. The molecule has 0 amide bonds. The van der Waals surface area contributed by atoms with E-state index in [1.807, 2.05) is 10.8 Å². The van der Waals surface area contributed by atoms with Crippen molar-refractivity contribution >= 4 is 6.01 Å². The summed E-state index contributed by atoms with van der Waals surface area (Å²) in [4.78, 5) is 5.49. The van der Waals surface area contributed by atoms with Crippen LogP contribution < -0.4 is 0 Å². The van der Waals surface area contributed by atoms with Gasteiger partial charge in [-0.15, -0.1) is 16.7 Å². The van der Waals surface area contributed by atoms with Gasteiger partial charge in [0, 0.05) is 22.7 Å². The van der Waals surface area contributed by atoms with Crippen LogP contribution in [0.1, 0.15) is 100 Å². The van der Waals surface area contributed by atoms with E-state index < -0.39 is 16.4 Å². The molecule has 0 unspecified atom stereocenters. The molecular weight excluding hydrogens is 1110 g/mol. The van der Waals surface area contributed by atoms with Gasteiger partial charge in [0.25, 0.3) is 0 Å². The maximum Gasteiger partial charge on any atom is 2.00 e. The minimum Gasteiger partial charge on any atom is -0.260 e. The standard InChI is InChI=1S/C73H57N3.Pt/c1-45-19-25-58-59-26-20-46(2)36-65(59)71(64(58)35-45,54-15-12-17-56(43-54)73(76-34-33-75(8)44-76)68-39-49(5)23-29-62(68)63-30-24-50(6)40-69(63)73)53-14-11-16-55(42-53)72(70-41-52(31-32-74-70)57-18-10-9-13-51(57)7)66-37-47(3)21-27-60(66)61-28-22-48(4)38-67(61)72;/h9-41H,1-8H3;/q;+2. The number of hydrogen-bond donors (Lipinski definition) is 0. The molecule has 2 heterocycles. The van der Waals surface area contributed by atoms with Gasteiger partial charge in [0.2, 0.25) is 17.9 Å². The maximum absolute atomic E-state index is 5.49. The molecule has 14 rings (SSSR count). The Morgan fingerprint density at radius 1 is 0.390 bits per heavy atom. The Labute approximate surface area is 467 Å². The molecule has 0 atom stereocenters. The first-order chi connectivity index (χ1) is 36.9. The molecule has 0 spiro atoms. The molecule has 4 heteroatoms. The molecule has 4 aliphatic rings. The smallest absolute Gasteiger partial charge is 0.260 e. The van der Waals surface area contributed by atoms with Crippen LogP contribution in [0.4, 0.5) is 0 Å². The van der Waals surface area contributed by atoms with Gasteiger partial charge in [0.05, 0.1) is 11.1 Å². The predicted octanol–water partition coefficient (Wildman–Crippen LogP) is 15.8. The second kappa shape index (κ2) is 17.8. The number of rotatable bonds is 7. The van der Waals surface area contributed by atoms with Crippen molar-refractivity contribution in [3.05, 3.63) is 313 Å². The molecule has 3 nitrogen and oxygen atoms in total. The van der Waals surface area contributed by atoms with E-state index in [1.54, 1.807) is 0 Å². The summed E-state index contributed by atoms with van der Waals surface area (Å²) in [5.41, 5.74) is 28.3. The Morgan fingerprint density at radius 2 is 0.792 bits per heavy atom. The molecule has 3 aliphatic carbocycles. The SMILES string of the molecule is Cc1ccc2c(c1)C(c1[c-]c(C3(c4cc(-c5ccccc5C)ccn4)c4cc(C)ccc4-c4ccc(C)cc43)ccc1)(c1[c-]c(C3([N+]4=C=[N+](C)C=C4)c4cc(C)ccc4-c4ccc(C)cc43)ccc1)c1cc(C)ccc1-2.[Pt+2]. The monoisotopic (exact) mass is 1170 g/mol. The minimum absolute atomic E-state index is 0. The summed E-state index contributed by atoms with van der Waals surface area (Å²) < 4.78 is 4.34. The van der Waals surface area contributed by atoms with Crippen molar-refractivity contribution in [3.8, 4) is 44.5 Å². The number of hydrogen-bond acceptors (Lipinski definition) is 1. The average Bonchev–Trinajstić information content (AvgIpc) is 4.32. The first kappa shape index (κ1) is 48.6. The van der Waals surface area contributed by atoms with E-state index in [0.717, 1.165) is 33.5 Å². The third-order valence-electron chi connectivity index (χ3n) is 17.2. The molecule has 77 heavy (non-hydrogen) atoms. The Hall–Kier alpha value is -8.06. The van der Waals surface area contributed by atoms with Gasteiger partial charge >= 0.3 is 27.1 Å². The summed E-state index contributed by atoms with van der Waals surface area (Å²) in [7, 11) is 2.06. The van der Waals surface area contributed by atoms with Crippen molar-refractivity contribution in [2.45, 2.75) is 64.8 Å². The molecule has 0 N–H and O–H groups in total. The van der Waals surface area contributed by atoms with Gasteiger partial charge in [-0.3, -0.25) is 4.98 Å². The third kappa shape index (κ3) is 6.83. The molecular formula is C73H57N3Pt+2. The molecule has 0 saturated heterocycles. The predicted molar refractivity (Wildman–Crippen MR) is 307 cm³/mol. The third-order valence-corrected chi connectivity index (χ3v) is 17.2. The van der Waals surface area contributed by atoms with Gasteiger partial charge in [-0.1, -0.05) is 169 Å². The van der Waals surface area contributed by atoms with E-state index in [-0.39, 0.29) is 21.1 Å². The van der Waals surface area contributed by atoms with Crippen molar-refractivity contribution in [2.75, 3.05) is 7.05 Å². The first-order valence-corrected chi connectivity index (χ1v) is 26.6. The van der Waals surface area contributed by atoms with Gasteiger partial charge in [-0.2, -0.15) is 48.5 Å². The van der Waals surface area contributed by atoms with E-state index in [2.05, 4.69) is 273 Å². The van der Waals surface area contributed by atoms with E-state index in [1.165, 1.54) is 111 Å². The van der Waals surface area contributed by atoms with Crippen molar-refractivity contribution < 1.29 is 30.2 Å². The van der Waals surface area contributed by atoms with E-state index in [9.17, 15) is 0 Å². The minimum atomic E-state index is -0.856. The number of aryl methyl sites for hydroxylation is 7. The normalized spacial score (nSPS) is 15.1. The van der Waals surface area contributed by atoms with E-state index in [4.69, 9.17) is 4.98 Å². The molecule has 0 bridgehead atoms. The van der Waals surface area contributed by atoms with E-state index >= 15 is 0 Å². The van der Waals surface area contributed by atoms with Crippen LogP contribution in [0.2, 0.25) is 0 Å². The Bertz CT molecular complexity index is 4120. The Morgan fingerprint density at radius 3 is 1.25 bits per heavy atom. The second-order valence-electron chi connectivity index (χ2n) is 22.1. The maximum atomic E-state index is 5.49. The largest absolute Gasteiger partial charge is 2.00 e. The second-order valence-corrected chi connectivity index (χ2v) is 22.1. The van der Waals surface area contributed by atoms with Crippen LogP contribution in [0, 0.1) is 60.6 Å². The molecule has 0 saturated carbocycles. The summed E-state index contributed by atoms with van der Waals surface area (Å²) in [5, 5.41) is 0. The molecule has 1 aromatic heterocycles. The quantitative estimate of drug-likeness (QED) is 0.115.